The number of aliphatic hydroxyl groups is 1. The maximum absolute atomic E-state index is 14.4. The second-order valence-corrected chi connectivity index (χ2v) is 16.5. The SMILES string of the molecule is C[C@@H]1[C@@H]([Si](C)(C)O)[C@H](CCO)O[C@@]12C(=O)N(Cc1cccc(NC(=O)C3CCCNC3)c1)c1ccc(Br)cc12. The molecular weight excluding hydrogens is 578 g/mol. The number of piperidine rings is 1. The molecule has 10 heteroatoms. The summed E-state index contributed by atoms with van der Waals surface area (Å²) in [7, 11) is -2.74. The smallest absolute Gasteiger partial charge is 0.264 e. The molecule has 3 aliphatic heterocycles. The van der Waals surface area contributed by atoms with E-state index in [1.807, 2.05) is 62.5 Å². The van der Waals surface area contributed by atoms with E-state index >= 15 is 0 Å². The van der Waals surface area contributed by atoms with E-state index in [2.05, 4.69) is 26.6 Å². The number of ether oxygens (including phenoxy) is 1. The highest BCUT2D eigenvalue weighted by Gasteiger charge is 2.66. The summed E-state index contributed by atoms with van der Waals surface area (Å²) in [6.45, 7) is 7.63. The summed E-state index contributed by atoms with van der Waals surface area (Å²) in [5.74, 6) is -0.473. The third kappa shape index (κ3) is 5.23. The van der Waals surface area contributed by atoms with Gasteiger partial charge < -0.3 is 30.2 Å². The van der Waals surface area contributed by atoms with Crippen LogP contribution in [0, 0.1) is 11.8 Å². The van der Waals surface area contributed by atoms with Crippen molar-refractivity contribution >= 4 is 47.4 Å². The molecule has 4 N–H and O–H groups in total. The highest BCUT2D eigenvalue weighted by atomic mass is 79.9. The van der Waals surface area contributed by atoms with E-state index in [1.165, 1.54) is 0 Å². The van der Waals surface area contributed by atoms with E-state index in [0.717, 1.165) is 40.7 Å². The number of aliphatic hydroxyl groups excluding tert-OH is 1. The molecule has 210 valence electrons. The molecule has 5 atom stereocenters. The van der Waals surface area contributed by atoms with Crippen LogP contribution < -0.4 is 15.5 Å². The molecule has 2 amide bonds. The van der Waals surface area contributed by atoms with Gasteiger partial charge in [0.05, 0.1) is 24.3 Å². The Morgan fingerprint density at radius 3 is 2.77 bits per heavy atom. The Kier molecular flexibility index (Phi) is 8.07. The van der Waals surface area contributed by atoms with Crippen LogP contribution in [0.1, 0.15) is 37.3 Å². The number of anilines is 2. The Bertz CT molecular complexity index is 1250. The molecule has 2 aromatic rings. The Hall–Kier alpha value is -2.08. The quantitative estimate of drug-likeness (QED) is 0.349. The molecule has 1 unspecified atom stereocenters. The average molecular weight is 617 g/mol. The number of halogens is 1. The molecule has 3 heterocycles. The zero-order valence-electron chi connectivity index (χ0n) is 22.7. The fraction of sp³-hybridized carbons (Fsp3) is 0.517. The van der Waals surface area contributed by atoms with Crippen molar-refractivity contribution in [1.29, 1.82) is 0 Å². The molecular formula is C29H38BrN3O5Si. The number of nitrogens with one attached hydrogen (secondary N) is 2. The molecule has 39 heavy (non-hydrogen) atoms. The summed E-state index contributed by atoms with van der Waals surface area (Å²) in [5, 5.41) is 16.1. The Morgan fingerprint density at radius 2 is 2.08 bits per heavy atom. The topological polar surface area (TPSA) is 111 Å². The van der Waals surface area contributed by atoms with E-state index in [0.29, 0.717) is 25.2 Å². The van der Waals surface area contributed by atoms with Gasteiger partial charge >= 0.3 is 0 Å². The molecule has 0 radical (unpaired) electrons. The summed E-state index contributed by atoms with van der Waals surface area (Å²) in [6.07, 6.45) is 1.81. The molecule has 2 aromatic carbocycles. The Morgan fingerprint density at radius 1 is 1.28 bits per heavy atom. The molecule has 8 nitrogen and oxygen atoms in total. The maximum Gasteiger partial charge on any atom is 0.264 e. The summed E-state index contributed by atoms with van der Waals surface area (Å²) < 4.78 is 7.49. The van der Waals surface area contributed by atoms with Crippen molar-refractivity contribution in [2.75, 3.05) is 29.9 Å². The van der Waals surface area contributed by atoms with Crippen LogP contribution in [0.25, 0.3) is 0 Å². The number of rotatable bonds is 7. The van der Waals surface area contributed by atoms with Crippen LogP contribution in [-0.2, 0) is 26.5 Å². The van der Waals surface area contributed by atoms with Crippen LogP contribution in [0.4, 0.5) is 11.4 Å². The molecule has 5 rings (SSSR count). The first-order valence-electron chi connectivity index (χ1n) is 13.8. The van der Waals surface area contributed by atoms with Crippen LogP contribution >= 0.6 is 15.9 Å². The first-order chi connectivity index (χ1) is 18.6. The lowest BCUT2D eigenvalue weighted by Crippen LogP contribution is -2.46. The van der Waals surface area contributed by atoms with Crippen molar-refractivity contribution in [3.63, 3.8) is 0 Å². The number of hydrogen-bond acceptors (Lipinski definition) is 6. The molecule has 0 saturated carbocycles. The minimum Gasteiger partial charge on any atom is -0.432 e. The molecule has 1 spiro atoms. The first kappa shape index (κ1) is 28.4. The lowest BCUT2D eigenvalue weighted by molar-refractivity contribution is -0.146. The molecule has 2 fully saturated rings. The Labute approximate surface area is 239 Å². The second kappa shape index (κ2) is 11.1. The van der Waals surface area contributed by atoms with Gasteiger partial charge in [-0.1, -0.05) is 35.0 Å². The average Bonchev–Trinajstić information content (AvgIpc) is 3.31. The van der Waals surface area contributed by atoms with Crippen molar-refractivity contribution < 1.29 is 24.2 Å². The van der Waals surface area contributed by atoms with Gasteiger partial charge in [-0.3, -0.25) is 9.59 Å². The number of carbonyl (C=O) groups is 2. The van der Waals surface area contributed by atoms with Crippen molar-refractivity contribution in [2.24, 2.45) is 11.8 Å². The fourth-order valence-electron chi connectivity index (χ4n) is 6.85. The standard InChI is InChI=1S/C29H38BrN3O5Si/c1-18-26(39(2,3)37)25(11-13-34)38-29(18)23-15-21(30)9-10-24(23)33(28(29)36)17-19-6-4-8-22(14-19)32-27(35)20-7-5-12-31-16-20/h4,6,8-10,14-15,18,20,25-26,31,34,37H,5,7,11-13,16-17H2,1-3H3,(H,32,35)/t18-,20?,25+,26-,29+/m1/s1. The zero-order chi connectivity index (χ0) is 27.9. The van der Waals surface area contributed by atoms with E-state index in [-0.39, 0.29) is 35.8 Å². The number of carbonyl (C=O) groups excluding carboxylic acids is 2. The molecule has 3 aliphatic rings. The summed E-state index contributed by atoms with van der Waals surface area (Å²) in [4.78, 5) is 40.2. The number of fused-ring (bicyclic) bond motifs is 2. The van der Waals surface area contributed by atoms with Crippen molar-refractivity contribution in [2.45, 2.75) is 63.1 Å². The van der Waals surface area contributed by atoms with Gasteiger partial charge in [0.1, 0.15) is 0 Å². The van der Waals surface area contributed by atoms with Crippen molar-refractivity contribution in [1.82, 2.24) is 5.32 Å². The first-order valence-corrected chi connectivity index (χ1v) is 17.6. The van der Waals surface area contributed by atoms with Gasteiger partial charge in [-0.25, -0.2) is 0 Å². The molecule has 0 aromatic heterocycles. The van der Waals surface area contributed by atoms with Gasteiger partial charge in [0.25, 0.3) is 5.91 Å². The highest BCUT2D eigenvalue weighted by Crippen LogP contribution is 2.60. The van der Waals surface area contributed by atoms with Gasteiger partial charge in [0, 0.05) is 40.3 Å². The summed E-state index contributed by atoms with van der Waals surface area (Å²) in [6, 6.07) is 13.4. The third-order valence-corrected chi connectivity index (χ3v) is 11.6. The zero-order valence-corrected chi connectivity index (χ0v) is 25.3. The number of nitrogens with zero attached hydrogens (tertiary/aromatic N) is 1. The maximum atomic E-state index is 14.4. The fourth-order valence-corrected chi connectivity index (χ4v) is 9.82. The van der Waals surface area contributed by atoms with Crippen molar-refractivity contribution in [3.8, 4) is 0 Å². The lowest BCUT2D eigenvalue weighted by Gasteiger charge is -2.32. The minimum atomic E-state index is -2.74. The van der Waals surface area contributed by atoms with Gasteiger partial charge in [0.15, 0.2) is 13.9 Å². The van der Waals surface area contributed by atoms with Gasteiger partial charge in [0.2, 0.25) is 5.91 Å². The normalized spacial score (nSPS) is 28.7. The third-order valence-electron chi connectivity index (χ3n) is 8.56. The number of amides is 2. The Balaban J connectivity index is 1.45. The van der Waals surface area contributed by atoms with Gasteiger partial charge in [-0.2, -0.15) is 0 Å². The lowest BCUT2D eigenvalue weighted by atomic mass is 9.82. The molecule has 0 bridgehead atoms. The highest BCUT2D eigenvalue weighted by molar-refractivity contribution is 9.10. The predicted molar refractivity (Wildman–Crippen MR) is 157 cm³/mol. The monoisotopic (exact) mass is 615 g/mol. The van der Waals surface area contributed by atoms with E-state index in [9.17, 15) is 19.5 Å². The van der Waals surface area contributed by atoms with E-state index in [1.54, 1.807) is 4.90 Å². The second-order valence-electron chi connectivity index (χ2n) is 11.7. The molecule has 2 saturated heterocycles. The molecule has 0 aliphatic carbocycles. The number of benzene rings is 2. The van der Waals surface area contributed by atoms with Gasteiger partial charge in [-0.15, -0.1) is 0 Å². The van der Waals surface area contributed by atoms with Crippen LogP contribution in [-0.4, -0.2) is 55.8 Å². The predicted octanol–water partition coefficient (Wildman–Crippen LogP) is 4.11. The number of hydrogen-bond donors (Lipinski definition) is 4. The van der Waals surface area contributed by atoms with E-state index < -0.39 is 20.0 Å². The largest absolute Gasteiger partial charge is 0.432 e. The van der Waals surface area contributed by atoms with Crippen LogP contribution in [0.5, 0.6) is 0 Å². The summed E-state index contributed by atoms with van der Waals surface area (Å²) >= 11 is 3.58. The van der Waals surface area contributed by atoms with E-state index in [4.69, 9.17) is 4.74 Å². The summed E-state index contributed by atoms with van der Waals surface area (Å²) in [5.41, 5.74) is 1.71. The van der Waals surface area contributed by atoms with Crippen molar-refractivity contribution in [3.05, 3.63) is 58.1 Å². The van der Waals surface area contributed by atoms with Crippen LogP contribution in [0.2, 0.25) is 18.6 Å². The van der Waals surface area contributed by atoms with Crippen LogP contribution in [0.3, 0.4) is 0 Å². The van der Waals surface area contributed by atoms with Gasteiger partial charge in [-0.05, 0) is 74.8 Å². The minimum absolute atomic E-state index is 0.00989. The van der Waals surface area contributed by atoms with Crippen LogP contribution in [0.15, 0.2) is 46.9 Å².